The normalized spacial score (nSPS) is 16.9. The zero-order valence-corrected chi connectivity index (χ0v) is 11.5. The molecule has 0 saturated carbocycles. The molecule has 1 aromatic heterocycles. The van der Waals surface area contributed by atoms with Crippen LogP contribution in [0.2, 0.25) is 0 Å². The van der Waals surface area contributed by atoms with Crippen molar-refractivity contribution in [1.29, 1.82) is 0 Å². The molecule has 0 spiro atoms. The van der Waals surface area contributed by atoms with Crippen molar-refractivity contribution in [3.63, 3.8) is 0 Å². The third kappa shape index (κ3) is 2.97. The van der Waals surface area contributed by atoms with Crippen LogP contribution >= 0.6 is 0 Å². The largest absolute Gasteiger partial charge is 0.477 e. The maximum atomic E-state index is 11.0. The molecule has 1 aromatic rings. The van der Waals surface area contributed by atoms with E-state index in [1.807, 2.05) is 0 Å². The van der Waals surface area contributed by atoms with Crippen molar-refractivity contribution < 1.29 is 9.90 Å². The maximum Gasteiger partial charge on any atom is 0.354 e. The standard InChI is InChI=1S/C14H21N3O2/c1-9(2)10-5-7-17(8-6-10)13-11(15)3-4-12(16-13)14(18)19/h3-4,9-10H,5-8,15H2,1-2H3,(H,18,19). The first kappa shape index (κ1) is 13.6. The van der Waals surface area contributed by atoms with Crippen LogP contribution in [0, 0.1) is 11.8 Å². The van der Waals surface area contributed by atoms with Gasteiger partial charge < -0.3 is 15.7 Å². The van der Waals surface area contributed by atoms with Gasteiger partial charge in [0.1, 0.15) is 0 Å². The third-order valence-electron chi connectivity index (χ3n) is 3.91. The van der Waals surface area contributed by atoms with Crippen LogP contribution in [-0.2, 0) is 0 Å². The van der Waals surface area contributed by atoms with E-state index in [-0.39, 0.29) is 5.69 Å². The molecule has 1 aliphatic heterocycles. The van der Waals surface area contributed by atoms with E-state index in [0.29, 0.717) is 17.4 Å². The van der Waals surface area contributed by atoms with Gasteiger partial charge in [0.15, 0.2) is 11.5 Å². The SMILES string of the molecule is CC(C)C1CCN(c2nc(C(=O)O)ccc2N)CC1. The highest BCUT2D eigenvalue weighted by atomic mass is 16.4. The van der Waals surface area contributed by atoms with Crippen molar-refractivity contribution in [3.05, 3.63) is 17.8 Å². The number of anilines is 2. The molecule has 0 bridgehead atoms. The molecule has 1 fully saturated rings. The lowest BCUT2D eigenvalue weighted by Gasteiger charge is -2.35. The monoisotopic (exact) mass is 263 g/mol. The lowest BCUT2D eigenvalue weighted by Crippen LogP contribution is -2.36. The smallest absolute Gasteiger partial charge is 0.354 e. The Bertz CT molecular complexity index is 466. The van der Waals surface area contributed by atoms with E-state index in [9.17, 15) is 4.79 Å². The number of nitrogens with zero attached hydrogens (tertiary/aromatic N) is 2. The van der Waals surface area contributed by atoms with Crippen molar-refractivity contribution in [2.75, 3.05) is 23.7 Å². The molecule has 5 heteroatoms. The zero-order chi connectivity index (χ0) is 14.0. The molecule has 3 N–H and O–H groups in total. The summed E-state index contributed by atoms with van der Waals surface area (Å²) in [5.41, 5.74) is 6.52. The van der Waals surface area contributed by atoms with Gasteiger partial charge in [0, 0.05) is 13.1 Å². The zero-order valence-electron chi connectivity index (χ0n) is 11.5. The fourth-order valence-corrected chi connectivity index (χ4v) is 2.61. The Kier molecular flexibility index (Phi) is 3.93. The molecular weight excluding hydrogens is 242 g/mol. The van der Waals surface area contributed by atoms with Crippen molar-refractivity contribution in [2.45, 2.75) is 26.7 Å². The van der Waals surface area contributed by atoms with Gasteiger partial charge in [-0.3, -0.25) is 0 Å². The van der Waals surface area contributed by atoms with E-state index < -0.39 is 5.97 Å². The van der Waals surface area contributed by atoms with E-state index in [0.717, 1.165) is 31.8 Å². The van der Waals surface area contributed by atoms with Crippen LogP contribution in [0.5, 0.6) is 0 Å². The van der Waals surface area contributed by atoms with E-state index in [1.165, 1.54) is 6.07 Å². The summed E-state index contributed by atoms with van der Waals surface area (Å²) in [5.74, 6) is 1.03. The second kappa shape index (κ2) is 5.47. The Balaban J connectivity index is 2.15. The van der Waals surface area contributed by atoms with Gasteiger partial charge in [-0.1, -0.05) is 13.8 Å². The molecule has 0 radical (unpaired) electrons. The molecule has 0 amide bonds. The number of carboxylic acids is 1. The number of nitrogen functional groups attached to an aromatic ring is 1. The van der Waals surface area contributed by atoms with Crippen LogP contribution in [0.1, 0.15) is 37.2 Å². The average Bonchev–Trinajstić information content (AvgIpc) is 2.39. The second-order valence-corrected chi connectivity index (χ2v) is 5.48. The van der Waals surface area contributed by atoms with Crippen molar-refractivity contribution in [1.82, 2.24) is 4.98 Å². The fraction of sp³-hybridized carbons (Fsp3) is 0.571. The van der Waals surface area contributed by atoms with Crippen molar-refractivity contribution in [2.24, 2.45) is 11.8 Å². The first-order valence-electron chi connectivity index (χ1n) is 6.73. The molecule has 19 heavy (non-hydrogen) atoms. The van der Waals surface area contributed by atoms with Gasteiger partial charge in [-0.15, -0.1) is 0 Å². The summed E-state index contributed by atoms with van der Waals surface area (Å²) in [7, 11) is 0. The number of nitrogens with two attached hydrogens (primary N) is 1. The quantitative estimate of drug-likeness (QED) is 0.874. The Morgan fingerprint density at radius 2 is 2.05 bits per heavy atom. The van der Waals surface area contributed by atoms with Gasteiger partial charge in [0.25, 0.3) is 0 Å². The Hall–Kier alpha value is -1.78. The number of aromatic nitrogens is 1. The number of rotatable bonds is 3. The predicted molar refractivity (Wildman–Crippen MR) is 75.4 cm³/mol. The molecule has 0 aliphatic carbocycles. The summed E-state index contributed by atoms with van der Waals surface area (Å²) in [6.45, 7) is 6.28. The van der Waals surface area contributed by atoms with Crippen LogP contribution in [0.4, 0.5) is 11.5 Å². The Labute approximate surface area is 113 Å². The average molecular weight is 263 g/mol. The summed E-state index contributed by atoms with van der Waals surface area (Å²) in [4.78, 5) is 17.2. The number of pyridine rings is 1. The van der Waals surface area contributed by atoms with E-state index in [4.69, 9.17) is 10.8 Å². The number of carbonyl (C=O) groups is 1. The Morgan fingerprint density at radius 3 is 2.58 bits per heavy atom. The molecular formula is C14H21N3O2. The van der Waals surface area contributed by atoms with Gasteiger partial charge in [0.2, 0.25) is 0 Å². The van der Waals surface area contributed by atoms with E-state index in [1.54, 1.807) is 6.07 Å². The summed E-state index contributed by atoms with van der Waals surface area (Å²) in [6.07, 6.45) is 2.21. The number of carboxylic acid groups (broad SMARTS) is 1. The molecule has 104 valence electrons. The van der Waals surface area contributed by atoms with Crippen LogP contribution < -0.4 is 10.6 Å². The minimum atomic E-state index is -1.02. The maximum absolute atomic E-state index is 11.0. The molecule has 0 aromatic carbocycles. The summed E-state index contributed by atoms with van der Waals surface area (Å²) >= 11 is 0. The minimum Gasteiger partial charge on any atom is -0.477 e. The van der Waals surface area contributed by atoms with Crippen LogP contribution in [0.15, 0.2) is 12.1 Å². The van der Waals surface area contributed by atoms with E-state index in [2.05, 4.69) is 23.7 Å². The highest BCUT2D eigenvalue weighted by Crippen LogP contribution is 2.29. The predicted octanol–water partition coefficient (Wildman–Crippen LogP) is 2.23. The van der Waals surface area contributed by atoms with Gasteiger partial charge in [-0.25, -0.2) is 9.78 Å². The van der Waals surface area contributed by atoms with Crippen molar-refractivity contribution in [3.8, 4) is 0 Å². The highest BCUT2D eigenvalue weighted by molar-refractivity contribution is 5.87. The molecule has 1 aliphatic rings. The number of aromatic carboxylic acids is 1. The van der Waals surface area contributed by atoms with Gasteiger partial charge in [-0.2, -0.15) is 0 Å². The van der Waals surface area contributed by atoms with Gasteiger partial charge >= 0.3 is 5.97 Å². The summed E-state index contributed by atoms with van der Waals surface area (Å²) < 4.78 is 0. The van der Waals surface area contributed by atoms with Crippen molar-refractivity contribution >= 4 is 17.5 Å². The van der Waals surface area contributed by atoms with Gasteiger partial charge in [0.05, 0.1) is 5.69 Å². The minimum absolute atomic E-state index is 0.0511. The lowest BCUT2D eigenvalue weighted by atomic mass is 9.87. The Morgan fingerprint density at radius 1 is 1.42 bits per heavy atom. The van der Waals surface area contributed by atoms with Crippen LogP contribution in [0.3, 0.4) is 0 Å². The number of piperidine rings is 1. The molecule has 5 nitrogen and oxygen atoms in total. The molecule has 0 unspecified atom stereocenters. The lowest BCUT2D eigenvalue weighted by molar-refractivity contribution is 0.0690. The first-order valence-corrected chi connectivity index (χ1v) is 6.73. The molecule has 0 atom stereocenters. The number of hydrogen-bond donors (Lipinski definition) is 2. The molecule has 1 saturated heterocycles. The van der Waals surface area contributed by atoms with Crippen LogP contribution in [0.25, 0.3) is 0 Å². The number of hydrogen-bond acceptors (Lipinski definition) is 4. The van der Waals surface area contributed by atoms with Crippen LogP contribution in [-0.4, -0.2) is 29.1 Å². The topological polar surface area (TPSA) is 79.5 Å². The first-order chi connectivity index (χ1) is 8.99. The van der Waals surface area contributed by atoms with Gasteiger partial charge in [-0.05, 0) is 36.8 Å². The molecule has 2 heterocycles. The highest BCUT2D eigenvalue weighted by Gasteiger charge is 2.24. The third-order valence-corrected chi connectivity index (χ3v) is 3.91. The molecule has 2 rings (SSSR count). The summed E-state index contributed by atoms with van der Waals surface area (Å²) in [5, 5.41) is 8.99. The van der Waals surface area contributed by atoms with E-state index >= 15 is 0 Å². The fourth-order valence-electron chi connectivity index (χ4n) is 2.61. The summed E-state index contributed by atoms with van der Waals surface area (Å²) in [6, 6.07) is 3.07. The second-order valence-electron chi connectivity index (χ2n) is 5.48.